The second-order valence-corrected chi connectivity index (χ2v) is 7.42. The molecule has 1 aromatic rings. The molecule has 0 radical (unpaired) electrons. The number of carboxylic acids is 1. The third kappa shape index (κ3) is 3.82. The van der Waals surface area contributed by atoms with Crippen molar-refractivity contribution in [2.45, 2.75) is 38.5 Å². The Balaban J connectivity index is 2.94. The van der Waals surface area contributed by atoms with Gasteiger partial charge in [-0.25, -0.2) is 8.42 Å². The summed E-state index contributed by atoms with van der Waals surface area (Å²) in [6, 6.07) is 9.06. The van der Waals surface area contributed by atoms with Gasteiger partial charge in [-0.2, -0.15) is 0 Å². The highest BCUT2D eigenvalue weighted by Crippen LogP contribution is 2.33. The van der Waals surface area contributed by atoms with Crippen LogP contribution < -0.4 is 0 Å². The van der Waals surface area contributed by atoms with Crippen LogP contribution in [0, 0.1) is 0 Å². The molecule has 1 atom stereocenters. The molecule has 0 aliphatic heterocycles. The molecule has 112 valence electrons. The van der Waals surface area contributed by atoms with Crippen LogP contribution in [0.1, 0.15) is 38.7 Å². The molecule has 0 amide bonds. The molecule has 0 aromatic heterocycles. The fourth-order valence-electron chi connectivity index (χ4n) is 2.40. The molecule has 1 rings (SSSR count). The second kappa shape index (κ2) is 6.88. The van der Waals surface area contributed by atoms with Crippen LogP contribution in [0.3, 0.4) is 0 Å². The third-order valence-electron chi connectivity index (χ3n) is 3.84. The van der Waals surface area contributed by atoms with E-state index in [1.54, 1.807) is 19.1 Å². The van der Waals surface area contributed by atoms with E-state index in [0.717, 1.165) is 5.56 Å². The standard InChI is InChI=1S/C15H22O4S/c1-3-15(14(16)17,13-9-6-5-7-10-13)11-8-12-20(18,19)4-2/h5-7,9-10H,3-4,8,11-12H2,1-2H3,(H,16,17). The van der Waals surface area contributed by atoms with Gasteiger partial charge in [0.25, 0.3) is 0 Å². The Morgan fingerprint density at radius 1 is 1.20 bits per heavy atom. The summed E-state index contributed by atoms with van der Waals surface area (Å²) in [5.41, 5.74) is -0.256. The Kier molecular flexibility index (Phi) is 5.74. The van der Waals surface area contributed by atoms with Gasteiger partial charge in [-0.05, 0) is 24.8 Å². The molecule has 0 saturated carbocycles. The lowest BCUT2D eigenvalue weighted by molar-refractivity contribution is -0.144. The smallest absolute Gasteiger partial charge is 0.314 e. The van der Waals surface area contributed by atoms with Crippen molar-refractivity contribution in [1.82, 2.24) is 0 Å². The molecule has 4 nitrogen and oxygen atoms in total. The summed E-state index contributed by atoms with van der Waals surface area (Å²) in [5.74, 6) is -0.740. The van der Waals surface area contributed by atoms with Crippen molar-refractivity contribution in [2.24, 2.45) is 0 Å². The van der Waals surface area contributed by atoms with Gasteiger partial charge in [-0.1, -0.05) is 44.2 Å². The van der Waals surface area contributed by atoms with E-state index in [4.69, 9.17) is 0 Å². The van der Waals surface area contributed by atoms with Crippen LogP contribution in [0.5, 0.6) is 0 Å². The van der Waals surface area contributed by atoms with Crippen molar-refractivity contribution in [3.8, 4) is 0 Å². The molecule has 0 aliphatic rings. The zero-order chi connectivity index (χ0) is 15.2. The van der Waals surface area contributed by atoms with Crippen molar-refractivity contribution < 1.29 is 18.3 Å². The Labute approximate surface area is 120 Å². The van der Waals surface area contributed by atoms with Gasteiger partial charge < -0.3 is 5.11 Å². The highest BCUT2D eigenvalue weighted by Gasteiger charge is 2.38. The largest absolute Gasteiger partial charge is 0.481 e. The Morgan fingerprint density at radius 3 is 2.25 bits per heavy atom. The summed E-state index contributed by atoms with van der Waals surface area (Å²) in [6.07, 6.45) is 1.14. The molecule has 0 aliphatic carbocycles. The maximum absolute atomic E-state index is 11.7. The van der Waals surface area contributed by atoms with Crippen LogP contribution >= 0.6 is 0 Å². The van der Waals surface area contributed by atoms with E-state index >= 15 is 0 Å². The topological polar surface area (TPSA) is 71.4 Å². The van der Waals surface area contributed by atoms with E-state index in [2.05, 4.69) is 0 Å². The third-order valence-corrected chi connectivity index (χ3v) is 5.63. The fraction of sp³-hybridized carbons (Fsp3) is 0.533. The minimum atomic E-state index is -3.05. The summed E-state index contributed by atoms with van der Waals surface area (Å²) >= 11 is 0. The first kappa shape index (κ1) is 16.7. The number of benzene rings is 1. The van der Waals surface area contributed by atoms with Gasteiger partial charge >= 0.3 is 5.97 Å². The Bertz CT molecular complexity index is 536. The average molecular weight is 298 g/mol. The van der Waals surface area contributed by atoms with E-state index in [-0.39, 0.29) is 11.5 Å². The highest BCUT2D eigenvalue weighted by atomic mass is 32.2. The van der Waals surface area contributed by atoms with Crippen LogP contribution in [0.25, 0.3) is 0 Å². The number of carbonyl (C=O) groups is 1. The highest BCUT2D eigenvalue weighted by molar-refractivity contribution is 7.91. The molecule has 0 fully saturated rings. The number of sulfone groups is 1. The van der Waals surface area contributed by atoms with Crippen LogP contribution in [0.4, 0.5) is 0 Å². The van der Waals surface area contributed by atoms with Crippen LogP contribution in [0.15, 0.2) is 30.3 Å². The predicted molar refractivity (Wildman–Crippen MR) is 79.6 cm³/mol. The molecular weight excluding hydrogens is 276 g/mol. The molecule has 0 bridgehead atoms. The van der Waals surface area contributed by atoms with Crippen molar-refractivity contribution >= 4 is 15.8 Å². The van der Waals surface area contributed by atoms with Crippen LogP contribution in [0.2, 0.25) is 0 Å². The van der Waals surface area contributed by atoms with E-state index in [1.165, 1.54) is 0 Å². The number of hydrogen-bond acceptors (Lipinski definition) is 3. The fourth-order valence-corrected chi connectivity index (χ4v) is 3.28. The first-order valence-electron chi connectivity index (χ1n) is 6.87. The van der Waals surface area contributed by atoms with E-state index in [0.29, 0.717) is 19.3 Å². The normalized spacial score (nSPS) is 14.7. The number of hydrogen-bond donors (Lipinski definition) is 1. The minimum Gasteiger partial charge on any atom is -0.481 e. The van der Waals surface area contributed by atoms with Crippen molar-refractivity contribution in [3.05, 3.63) is 35.9 Å². The van der Waals surface area contributed by atoms with Crippen LogP contribution in [-0.2, 0) is 20.0 Å². The van der Waals surface area contributed by atoms with Gasteiger partial charge in [0, 0.05) is 5.75 Å². The van der Waals surface area contributed by atoms with Crippen molar-refractivity contribution in [3.63, 3.8) is 0 Å². The predicted octanol–water partition coefficient (Wildman–Crippen LogP) is 2.63. The molecule has 0 heterocycles. The van der Waals surface area contributed by atoms with E-state index in [1.807, 2.05) is 25.1 Å². The lowest BCUT2D eigenvalue weighted by Gasteiger charge is -2.28. The first-order valence-corrected chi connectivity index (χ1v) is 8.69. The molecule has 1 unspecified atom stereocenters. The lowest BCUT2D eigenvalue weighted by atomic mass is 9.75. The van der Waals surface area contributed by atoms with Gasteiger partial charge in [0.1, 0.15) is 9.84 Å². The number of carboxylic acid groups (broad SMARTS) is 1. The lowest BCUT2D eigenvalue weighted by Crippen LogP contribution is -2.35. The minimum absolute atomic E-state index is 0.0470. The number of aliphatic carboxylic acids is 1. The summed E-state index contributed by atoms with van der Waals surface area (Å²) in [7, 11) is -3.05. The van der Waals surface area contributed by atoms with E-state index in [9.17, 15) is 18.3 Å². The zero-order valence-electron chi connectivity index (χ0n) is 12.0. The van der Waals surface area contributed by atoms with Crippen molar-refractivity contribution in [1.29, 1.82) is 0 Å². The van der Waals surface area contributed by atoms with Gasteiger partial charge in [-0.3, -0.25) is 4.79 Å². The molecule has 20 heavy (non-hydrogen) atoms. The number of rotatable bonds is 8. The Morgan fingerprint density at radius 2 is 1.80 bits per heavy atom. The van der Waals surface area contributed by atoms with Crippen LogP contribution in [-0.4, -0.2) is 31.0 Å². The van der Waals surface area contributed by atoms with Gasteiger partial charge in [-0.15, -0.1) is 0 Å². The average Bonchev–Trinajstić information content (AvgIpc) is 2.44. The van der Waals surface area contributed by atoms with Crippen molar-refractivity contribution in [2.75, 3.05) is 11.5 Å². The van der Waals surface area contributed by atoms with Gasteiger partial charge in [0.15, 0.2) is 0 Å². The molecule has 5 heteroatoms. The molecular formula is C15H22O4S. The summed E-state index contributed by atoms with van der Waals surface area (Å²) in [4.78, 5) is 11.7. The van der Waals surface area contributed by atoms with E-state index < -0.39 is 21.2 Å². The monoisotopic (exact) mass is 298 g/mol. The Hall–Kier alpha value is -1.36. The molecule has 0 saturated heterocycles. The maximum atomic E-state index is 11.7. The summed E-state index contributed by atoms with van der Waals surface area (Å²) < 4.78 is 23.1. The van der Waals surface area contributed by atoms with Gasteiger partial charge in [0.2, 0.25) is 0 Å². The maximum Gasteiger partial charge on any atom is 0.314 e. The molecule has 1 N–H and O–H groups in total. The summed E-state index contributed by atoms with van der Waals surface area (Å²) in [6.45, 7) is 3.44. The SMILES string of the molecule is CCC(CCCS(=O)(=O)CC)(C(=O)O)c1ccccc1. The first-order chi connectivity index (χ1) is 9.38. The quantitative estimate of drug-likeness (QED) is 0.801. The van der Waals surface area contributed by atoms with Gasteiger partial charge in [0.05, 0.1) is 11.2 Å². The molecule has 0 spiro atoms. The molecule has 1 aromatic carbocycles. The summed E-state index contributed by atoms with van der Waals surface area (Å²) in [5, 5.41) is 9.61. The zero-order valence-corrected chi connectivity index (χ0v) is 12.8. The second-order valence-electron chi connectivity index (χ2n) is 4.95.